The maximum absolute atomic E-state index is 6.21. The summed E-state index contributed by atoms with van der Waals surface area (Å²) in [5.41, 5.74) is -0.0246. The highest BCUT2D eigenvalue weighted by Gasteiger charge is 2.32. The molecule has 106 valence electrons. The van der Waals surface area contributed by atoms with Crippen LogP contribution in [0.3, 0.4) is 0 Å². The fraction of sp³-hybridized carbons (Fsp3) is 0.667. The molecule has 0 unspecified atom stereocenters. The highest BCUT2D eigenvalue weighted by Crippen LogP contribution is 2.35. The Morgan fingerprint density at radius 2 is 2.11 bits per heavy atom. The molecular formula is C15H23ClN2O. The molecule has 0 atom stereocenters. The molecule has 1 saturated carbocycles. The number of alkyl halides is 1. The third kappa shape index (κ3) is 3.75. The van der Waals surface area contributed by atoms with Gasteiger partial charge in [-0.15, -0.1) is 11.6 Å². The van der Waals surface area contributed by atoms with Crippen molar-refractivity contribution in [3.05, 3.63) is 18.3 Å². The summed E-state index contributed by atoms with van der Waals surface area (Å²) < 4.78 is 5.81. The lowest BCUT2D eigenvalue weighted by Gasteiger charge is -2.37. The number of nitrogens with one attached hydrogen (secondary N) is 1. The number of hydrogen-bond donors (Lipinski definition) is 1. The number of anilines is 1. The minimum atomic E-state index is -0.0246. The Labute approximate surface area is 120 Å². The molecule has 1 aliphatic rings. The molecule has 0 aromatic carbocycles. The molecule has 0 bridgehead atoms. The maximum atomic E-state index is 6.21. The van der Waals surface area contributed by atoms with Crippen LogP contribution < -0.4 is 10.1 Å². The molecule has 1 fully saturated rings. The van der Waals surface area contributed by atoms with Gasteiger partial charge in [-0.05, 0) is 38.8 Å². The Morgan fingerprint density at radius 3 is 2.74 bits per heavy atom. The van der Waals surface area contributed by atoms with E-state index in [2.05, 4.69) is 10.3 Å². The minimum Gasteiger partial charge on any atom is -0.487 e. The second kappa shape index (κ2) is 6.47. The predicted octanol–water partition coefficient (Wildman–Crippen LogP) is 4.22. The number of halogens is 1. The number of nitrogens with zero attached hydrogens (tertiary/aromatic N) is 1. The summed E-state index contributed by atoms with van der Waals surface area (Å²) in [7, 11) is 0. The lowest BCUT2D eigenvalue weighted by molar-refractivity contribution is 0.241. The van der Waals surface area contributed by atoms with Gasteiger partial charge in [-0.2, -0.15) is 0 Å². The van der Waals surface area contributed by atoms with E-state index in [1.54, 1.807) is 6.20 Å². The fourth-order valence-corrected chi connectivity index (χ4v) is 2.94. The Balaban J connectivity index is 2.16. The van der Waals surface area contributed by atoms with Gasteiger partial charge in [0.25, 0.3) is 0 Å². The first-order chi connectivity index (χ1) is 9.15. The van der Waals surface area contributed by atoms with Crippen molar-refractivity contribution >= 4 is 17.4 Å². The van der Waals surface area contributed by atoms with Crippen LogP contribution in [0.4, 0.5) is 5.82 Å². The summed E-state index contributed by atoms with van der Waals surface area (Å²) >= 11 is 6.21. The van der Waals surface area contributed by atoms with Crippen molar-refractivity contribution < 1.29 is 4.74 Å². The summed E-state index contributed by atoms with van der Waals surface area (Å²) in [6.45, 7) is 4.05. The zero-order valence-electron chi connectivity index (χ0n) is 11.8. The van der Waals surface area contributed by atoms with E-state index in [9.17, 15) is 0 Å². The summed E-state index contributed by atoms with van der Waals surface area (Å²) in [6.07, 6.45) is 7.91. The van der Waals surface area contributed by atoms with Crippen LogP contribution in [0, 0.1) is 0 Å². The van der Waals surface area contributed by atoms with Crippen LogP contribution in [0.1, 0.15) is 46.0 Å². The number of aromatic nitrogens is 1. The van der Waals surface area contributed by atoms with Crippen molar-refractivity contribution in [1.82, 2.24) is 4.98 Å². The number of hydrogen-bond acceptors (Lipinski definition) is 3. The van der Waals surface area contributed by atoms with E-state index in [1.165, 1.54) is 19.3 Å². The fourth-order valence-electron chi connectivity index (χ4n) is 2.61. The normalized spacial score (nSPS) is 18.3. The Morgan fingerprint density at radius 1 is 1.37 bits per heavy atom. The van der Waals surface area contributed by atoms with Crippen LogP contribution in [0.25, 0.3) is 0 Å². The SMILES string of the molecule is CC(C)Oc1cccnc1NC1(CCl)CCCCC1. The van der Waals surface area contributed by atoms with Crippen molar-refractivity contribution in [3.63, 3.8) is 0 Å². The second-order valence-electron chi connectivity index (χ2n) is 5.62. The average molecular weight is 283 g/mol. The van der Waals surface area contributed by atoms with Gasteiger partial charge in [0.15, 0.2) is 11.6 Å². The van der Waals surface area contributed by atoms with Gasteiger partial charge in [0.05, 0.1) is 11.6 Å². The van der Waals surface area contributed by atoms with Gasteiger partial charge in [0.1, 0.15) is 0 Å². The first kappa shape index (κ1) is 14.4. The monoisotopic (exact) mass is 282 g/mol. The van der Waals surface area contributed by atoms with Gasteiger partial charge in [-0.1, -0.05) is 19.3 Å². The minimum absolute atomic E-state index is 0.0246. The van der Waals surface area contributed by atoms with Gasteiger partial charge >= 0.3 is 0 Å². The van der Waals surface area contributed by atoms with Crippen molar-refractivity contribution in [1.29, 1.82) is 0 Å². The van der Waals surface area contributed by atoms with Crippen LogP contribution in [-0.4, -0.2) is 22.5 Å². The van der Waals surface area contributed by atoms with Crippen LogP contribution >= 0.6 is 11.6 Å². The molecule has 0 saturated heterocycles. The molecular weight excluding hydrogens is 260 g/mol. The van der Waals surface area contributed by atoms with E-state index >= 15 is 0 Å². The third-order valence-corrected chi connectivity index (χ3v) is 4.09. The quantitative estimate of drug-likeness (QED) is 0.821. The van der Waals surface area contributed by atoms with E-state index < -0.39 is 0 Å². The highest BCUT2D eigenvalue weighted by atomic mass is 35.5. The van der Waals surface area contributed by atoms with E-state index in [1.807, 2.05) is 26.0 Å². The molecule has 0 aliphatic heterocycles. The smallest absolute Gasteiger partial charge is 0.169 e. The molecule has 1 aromatic heterocycles. The highest BCUT2D eigenvalue weighted by molar-refractivity contribution is 6.18. The first-order valence-corrected chi connectivity index (χ1v) is 7.64. The summed E-state index contributed by atoms with van der Waals surface area (Å²) in [4.78, 5) is 4.42. The van der Waals surface area contributed by atoms with E-state index in [4.69, 9.17) is 16.3 Å². The van der Waals surface area contributed by atoms with E-state index in [-0.39, 0.29) is 11.6 Å². The Kier molecular flexibility index (Phi) is 4.92. The standard InChI is InChI=1S/C15H23ClN2O/c1-12(2)19-13-7-6-10-17-14(13)18-15(11-16)8-4-3-5-9-15/h6-7,10,12H,3-5,8-9,11H2,1-2H3,(H,17,18). The average Bonchev–Trinajstić information content (AvgIpc) is 2.41. The van der Waals surface area contributed by atoms with Gasteiger partial charge in [0.2, 0.25) is 0 Å². The van der Waals surface area contributed by atoms with Gasteiger partial charge in [-0.25, -0.2) is 4.98 Å². The summed E-state index contributed by atoms with van der Waals surface area (Å²) in [6, 6.07) is 3.86. The van der Waals surface area contributed by atoms with Crippen molar-refractivity contribution in [2.45, 2.75) is 57.6 Å². The van der Waals surface area contributed by atoms with Crippen molar-refractivity contribution in [2.24, 2.45) is 0 Å². The van der Waals surface area contributed by atoms with Gasteiger partial charge < -0.3 is 10.1 Å². The molecule has 19 heavy (non-hydrogen) atoms. The largest absolute Gasteiger partial charge is 0.487 e. The second-order valence-corrected chi connectivity index (χ2v) is 5.88. The molecule has 4 heteroatoms. The number of ether oxygens (including phenoxy) is 1. The number of pyridine rings is 1. The summed E-state index contributed by atoms with van der Waals surface area (Å²) in [5.74, 6) is 2.25. The van der Waals surface area contributed by atoms with Crippen LogP contribution in [0.2, 0.25) is 0 Å². The molecule has 1 N–H and O–H groups in total. The molecule has 1 aromatic rings. The summed E-state index contributed by atoms with van der Waals surface area (Å²) in [5, 5.41) is 3.55. The Bertz CT molecular complexity index is 403. The van der Waals surface area contributed by atoms with Crippen LogP contribution in [0.15, 0.2) is 18.3 Å². The van der Waals surface area contributed by atoms with Crippen molar-refractivity contribution in [3.8, 4) is 5.75 Å². The molecule has 1 aliphatic carbocycles. The molecule has 0 radical (unpaired) electrons. The Hall–Kier alpha value is -0.960. The maximum Gasteiger partial charge on any atom is 0.169 e. The van der Waals surface area contributed by atoms with Gasteiger partial charge in [-0.3, -0.25) is 0 Å². The van der Waals surface area contributed by atoms with Crippen LogP contribution in [0.5, 0.6) is 5.75 Å². The van der Waals surface area contributed by atoms with Crippen LogP contribution in [-0.2, 0) is 0 Å². The van der Waals surface area contributed by atoms with E-state index in [0.29, 0.717) is 5.88 Å². The van der Waals surface area contributed by atoms with E-state index in [0.717, 1.165) is 24.4 Å². The lowest BCUT2D eigenvalue weighted by atomic mass is 9.83. The third-order valence-electron chi connectivity index (χ3n) is 3.58. The topological polar surface area (TPSA) is 34.1 Å². The first-order valence-electron chi connectivity index (χ1n) is 7.11. The predicted molar refractivity (Wildman–Crippen MR) is 80.2 cm³/mol. The van der Waals surface area contributed by atoms with Gasteiger partial charge in [0, 0.05) is 12.1 Å². The molecule has 0 spiro atoms. The number of rotatable bonds is 5. The lowest BCUT2D eigenvalue weighted by Crippen LogP contribution is -2.42. The zero-order chi connectivity index (χ0) is 13.7. The zero-order valence-corrected chi connectivity index (χ0v) is 12.5. The molecule has 3 nitrogen and oxygen atoms in total. The molecule has 0 amide bonds. The van der Waals surface area contributed by atoms with Crippen molar-refractivity contribution in [2.75, 3.05) is 11.2 Å². The molecule has 2 rings (SSSR count). The molecule has 1 heterocycles.